The highest BCUT2D eigenvalue weighted by molar-refractivity contribution is 6.33. The highest BCUT2D eigenvalue weighted by atomic mass is 35.5. The van der Waals surface area contributed by atoms with E-state index in [1.165, 1.54) is 13.2 Å². The number of imide groups is 1. The molecule has 2 aromatic carbocycles. The maximum absolute atomic E-state index is 12.2. The highest BCUT2D eigenvalue weighted by Crippen LogP contribution is 2.29. The third-order valence-corrected chi connectivity index (χ3v) is 3.88. The van der Waals surface area contributed by atoms with Gasteiger partial charge in [-0.05, 0) is 36.4 Å². The van der Waals surface area contributed by atoms with Crippen LogP contribution in [0.15, 0.2) is 65.1 Å². The number of para-hydroxylation sites is 2. The molecule has 3 aromatic rings. The van der Waals surface area contributed by atoms with Crippen LogP contribution < -0.4 is 15.4 Å². The Hall–Kier alpha value is -3.25. The third kappa shape index (κ3) is 3.87. The lowest BCUT2D eigenvalue weighted by molar-refractivity contribution is 0.0940. The first-order chi connectivity index (χ1) is 12.6. The summed E-state index contributed by atoms with van der Waals surface area (Å²) in [5, 5.41) is 5.26. The van der Waals surface area contributed by atoms with E-state index in [1.807, 2.05) is 6.07 Å². The Bertz CT molecular complexity index is 952. The molecule has 26 heavy (non-hydrogen) atoms. The number of benzene rings is 2. The predicted octanol–water partition coefficient (Wildman–Crippen LogP) is 4.57. The molecule has 0 saturated heterocycles. The van der Waals surface area contributed by atoms with Gasteiger partial charge in [-0.2, -0.15) is 0 Å². The largest absolute Gasteiger partial charge is 0.495 e. The van der Waals surface area contributed by atoms with Gasteiger partial charge in [-0.15, -0.1) is 0 Å². The van der Waals surface area contributed by atoms with Crippen molar-refractivity contribution in [3.63, 3.8) is 0 Å². The van der Waals surface area contributed by atoms with Gasteiger partial charge in [0.05, 0.1) is 17.8 Å². The van der Waals surface area contributed by atoms with E-state index in [0.29, 0.717) is 27.8 Å². The topological polar surface area (TPSA) is 80.6 Å². The second-order valence-corrected chi connectivity index (χ2v) is 5.66. The van der Waals surface area contributed by atoms with Gasteiger partial charge in [-0.3, -0.25) is 10.1 Å². The van der Waals surface area contributed by atoms with Gasteiger partial charge in [-0.1, -0.05) is 35.9 Å². The van der Waals surface area contributed by atoms with Crippen LogP contribution in [-0.4, -0.2) is 19.0 Å². The van der Waals surface area contributed by atoms with Crippen molar-refractivity contribution < 1.29 is 18.7 Å². The van der Waals surface area contributed by atoms with Crippen LogP contribution in [0, 0.1) is 0 Å². The van der Waals surface area contributed by atoms with Crippen LogP contribution in [0.1, 0.15) is 10.6 Å². The lowest BCUT2D eigenvalue weighted by Gasteiger charge is -2.09. The number of carbonyl (C=O) groups excluding carboxylic acids is 2. The maximum atomic E-state index is 12.2. The van der Waals surface area contributed by atoms with Crippen molar-refractivity contribution in [2.45, 2.75) is 0 Å². The molecule has 0 aliphatic rings. The summed E-state index contributed by atoms with van der Waals surface area (Å²) in [4.78, 5) is 24.2. The number of furan rings is 1. The number of methoxy groups -OCH3 is 1. The molecule has 0 radical (unpaired) electrons. The van der Waals surface area contributed by atoms with Crippen molar-refractivity contribution in [1.29, 1.82) is 0 Å². The molecule has 0 fully saturated rings. The number of rotatable bonds is 4. The van der Waals surface area contributed by atoms with Crippen molar-refractivity contribution in [3.05, 3.63) is 71.4 Å². The van der Waals surface area contributed by atoms with Gasteiger partial charge < -0.3 is 14.5 Å². The van der Waals surface area contributed by atoms with Crippen LogP contribution in [0.2, 0.25) is 5.02 Å². The second kappa shape index (κ2) is 7.76. The number of anilines is 1. The Morgan fingerprint density at radius 1 is 1.00 bits per heavy atom. The molecule has 3 amide bonds. The summed E-state index contributed by atoms with van der Waals surface area (Å²) < 4.78 is 10.6. The molecular formula is C19H15ClN2O4. The van der Waals surface area contributed by atoms with Crippen LogP contribution >= 0.6 is 11.6 Å². The van der Waals surface area contributed by atoms with Crippen LogP contribution in [0.25, 0.3) is 11.3 Å². The van der Waals surface area contributed by atoms with Gasteiger partial charge in [0.2, 0.25) is 0 Å². The minimum Gasteiger partial charge on any atom is -0.495 e. The Balaban J connectivity index is 1.69. The second-order valence-electron chi connectivity index (χ2n) is 5.25. The average Bonchev–Trinajstić information content (AvgIpc) is 3.12. The van der Waals surface area contributed by atoms with Crippen molar-refractivity contribution in [2.24, 2.45) is 0 Å². The third-order valence-electron chi connectivity index (χ3n) is 3.55. The molecule has 0 spiro atoms. The number of hydrogen-bond donors (Lipinski definition) is 2. The standard InChI is InChI=1S/C19H15ClN2O4/c1-25-16-9-5-4-8-14(16)21-19(24)22-18(23)17-11-10-15(26-17)12-6-2-3-7-13(12)20/h2-11H,1H3,(H2,21,22,23,24). The number of nitrogens with one attached hydrogen (secondary N) is 2. The Morgan fingerprint density at radius 3 is 2.50 bits per heavy atom. The maximum Gasteiger partial charge on any atom is 0.326 e. The van der Waals surface area contributed by atoms with E-state index in [4.69, 9.17) is 20.8 Å². The number of carbonyl (C=O) groups is 2. The zero-order chi connectivity index (χ0) is 18.5. The van der Waals surface area contributed by atoms with Gasteiger partial charge >= 0.3 is 6.03 Å². The van der Waals surface area contributed by atoms with E-state index in [1.54, 1.807) is 48.5 Å². The molecule has 3 rings (SSSR count). The number of ether oxygens (including phenoxy) is 1. The zero-order valence-electron chi connectivity index (χ0n) is 13.8. The SMILES string of the molecule is COc1ccccc1NC(=O)NC(=O)c1ccc(-c2ccccc2Cl)o1. The molecule has 0 aliphatic carbocycles. The Labute approximate surface area is 154 Å². The first-order valence-electron chi connectivity index (χ1n) is 7.68. The number of hydrogen-bond acceptors (Lipinski definition) is 4. The van der Waals surface area contributed by atoms with E-state index in [2.05, 4.69) is 10.6 Å². The van der Waals surface area contributed by atoms with Gasteiger partial charge in [0.25, 0.3) is 5.91 Å². The summed E-state index contributed by atoms with van der Waals surface area (Å²) in [5.74, 6) is 0.241. The summed E-state index contributed by atoms with van der Waals surface area (Å²) in [5.41, 5.74) is 1.10. The van der Waals surface area contributed by atoms with Crippen LogP contribution in [0.3, 0.4) is 0 Å². The molecule has 1 heterocycles. The molecular weight excluding hydrogens is 356 g/mol. The molecule has 2 N–H and O–H groups in total. The number of amides is 3. The fourth-order valence-electron chi connectivity index (χ4n) is 2.33. The first kappa shape index (κ1) is 17.6. The molecule has 7 heteroatoms. The normalized spacial score (nSPS) is 10.2. The molecule has 0 bridgehead atoms. The van der Waals surface area contributed by atoms with Crippen LogP contribution in [0.4, 0.5) is 10.5 Å². The van der Waals surface area contributed by atoms with Gasteiger partial charge in [-0.25, -0.2) is 4.79 Å². The quantitative estimate of drug-likeness (QED) is 0.704. The van der Waals surface area contributed by atoms with Gasteiger partial charge in [0.1, 0.15) is 11.5 Å². The van der Waals surface area contributed by atoms with E-state index in [9.17, 15) is 9.59 Å². The molecule has 0 unspecified atom stereocenters. The summed E-state index contributed by atoms with van der Waals surface area (Å²) in [6.07, 6.45) is 0. The smallest absolute Gasteiger partial charge is 0.326 e. The highest BCUT2D eigenvalue weighted by Gasteiger charge is 2.17. The van der Waals surface area contributed by atoms with E-state index in [0.717, 1.165) is 0 Å². The fraction of sp³-hybridized carbons (Fsp3) is 0.0526. The average molecular weight is 371 g/mol. The van der Waals surface area contributed by atoms with Crippen molar-refractivity contribution in [2.75, 3.05) is 12.4 Å². The predicted molar refractivity (Wildman–Crippen MR) is 98.6 cm³/mol. The molecule has 132 valence electrons. The summed E-state index contributed by atoms with van der Waals surface area (Å²) in [6, 6.07) is 16.4. The summed E-state index contributed by atoms with van der Waals surface area (Å²) in [6.45, 7) is 0. The lowest BCUT2D eigenvalue weighted by Crippen LogP contribution is -2.34. The minimum atomic E-state index is -0.699. The fourth-order valence-corrected chi connectivity index (χ4v) is 2.56. The molecule has 0 saturated carbocycles. The first-order valence-corrected chi connectivity index (χ1v) is 8.06. The molecule has 6 nitrogen and oxygen atoms in total. The number of halogens is 1. The van der Waals surface area contributed by atoms with Crippen LogP contribution in [-0.2, 0) is 0 Å². The number of urea groups is 1. The lowest BCUT2D eigenvalue weighted by atomic mass is 10.2. The Kier molecular flexibility index (Phi) is 5.24. The van der Waals surface area contributed by atoms with E-state index < -0.39 is 11.9 Å². The Morgan fingerprint density at radius 2 is 1.73 bits per heavy atom. The summed E-state index contributed by atoms with van der Waals surface area (Å²) >= 11 is 6.11. The van der Waals surface area contributed by atoms with Crippen molar-refractivity contribution in [1.82, 2.24) is 5.32 Å². The molecule has 0 aliphatic heterocycles. The monoisotopic (exact) mass is 370 g/mol. The van der Waals surface area contributed by atoms with E-state index >= 15 is 0 Å². The van der Waals surface area contributed by atoms with Crippen molar-refractivity contribution >= 4 is 29.2 Å². The van der Waals surface area contributed by atoms with Gasteiger partial charge in [0, 0.05) is 5.56 Å². The van der Waals surface area contributed by atoms with Gasteiger partial charge in [0.15, 0.2) is 5.76 Å². The zero-order valence-corrected chi connectivity index (χ0v) is 14.5. The minimum absolute atomic E-state index is 0.00454. The van der Waals surface area contributed by atoms with Crippen LogP contribution in [0.5, 0.6) is 5.75 Å². The van der Waals surface area contributed by atoms with Crippen molar-refractivity contribution in [3.8, 4) is 17.1 Å². The molecule has 1 aromatic heterocycles. The van der Waals surface area contributed by atoms with E-state index in [-0.39, 0.29) is 5.76 Å². The molecule has 0 atom stereocenters. The summed E-state index contributed by atoms with van der Waals surface area (Å²) in [7, 11) is 1.49.